The lowest BCUT2D eigenvalue weighted by molar-refractivity contribution is 0.632. The lowest BCUT2D eigenvalue weighted by Crippen LogP contribution is -1.89. The Morgan fingerprint density at radius 2 is 2.11 bits per heavy atom. The molecule has 0 unspecified atom stereocenters. The van der Waals surface area contributed by atoms with E-state index in [2.05, 4.69) is 36.1 Å². The molecule has 3 aromatic rings. The SMILES string of the molecule is Cc1nc(-c2cc3c(Br)cncc3cc2F)n[nH]1. The van der Waals surface area contributed by atoms with Gasteiger partial charge >= 0.3 is 0 Å². The van der Waals surface area contributed by atoms with Crippen LogP contribution in [0.4, 0.5) is 4.39 Å². The highest BCUT2D eigenvalue weighted by atomic mass is 79.9. The molecular weight excluding hydrogens is 299 g/mol. The van der Waals surface area contributed by atoms with Crippen molar-refractivity contribution in [2.24, 2.45) is 0 Å². The molecule has 18 heavy (non-hydrogen) atoms. The highest BCUT2D eigenvalue weighted by Gasteiger charge is 2.12. The van der Waals surface area contributed by atoms with E-state index in [0.717, 1.165) is 15.2 Å². The Morgan fingerprint density at radius 3 is 2.83 bits per heavy atom. The fourth-order valence-corrected chi connectivity index (χ4v) is 2.25. The lowest BCUT2D eigenvalue weighted by Gasteiger charge is -2.03. The number of aromatic amines is 1. The molecule has 0 aliphatic carbocycles. The smallest absolute Gasteiger partial charge is 0.184 e. The standard InChI is InChI=1S/C12H8BrFN4/c1-6-16-12(18-17-6)9-3-8-7(2-11(9)14)4-15-5-10(8)13/h2-5H,1H3,(H,16,17,18). The van der Waals surface area contributed by atoms with E-state index in [4.69, 9.17) is 0 Å². The van der Waals surface area contributed by atoms with Gasteiger partial charge in [-0.2, -0.15) is 5.10 Å². The predicted octanol–water partition coefficient (Wildman–Crippen LogP) is 3.23. The first kappa shape index (κ1) is 11.3. The molecule has 0 bridgehead atoms. The molecular formula is C12H8BrFN4. The molecule has 0 fully saturated rings. The van der Waals surface area contributed by atoms with Gasteiger partial charge in [-0.15, -0.1) is 0 Å². The summed E-state index contributed by atoms with van der Waals surface area (Å²) in [5.74, 6) is 0.648. The number of fused-ring (bicyclic) bond motifs is 1. The van der Waals surface area contributed by atoms with Crippen LogP contribution in [0.25, 0.3) is 22.2 Å². The van der Waals surface area contributed by atoms with Gasteiger partial charge in [0.1, 0.15) is 11.6 Å². The molecule has 1 N–H and O–H groups in total. The van der Waals surface area contributed by atoms with Crippen LogP contribution in [0.3, 0.4) is 0 Å². The highest BCUT2D eigenvalue weighted by Crippen LogP contribution is 2.29. The van der Waals surface area contributed by atoms with Crippen LogP contribution in [-0.4, -0.2) is 20.2 Å². The van der Waals surface area contributed by atoms with Crippen LogP contribution in [0.2, 0.25) is 0 Å². The van der Waals surface area contributed by atoms with Gasteiger partial charge in [0.15, 0.2) is 5.82 Å². The molecule has 6 heteroatoms. The fourth-order valence-electron chi connectivity index (χ4n) is 1.79. The number of pyridine rings is 1. The largest absolute Gasteiger partial charge is 0.263 e. The summed E-state index contributed by atoms with van der Waals surface area (Å²) in [5.41, 5.74) is 0.374. The zero-order valence-corrected chi connectivity index (χ0v) is 11.0. The Hall–Kier alpha value is -1.82. The summed E-state index contributed by atoms with van der Waals surface area (Å²) in [5, 5.41) is 8.29. The van der Waals surface area contributed by atoms with Crippen molar-refractivity contribution in [1.82, 2.24) is 20.2 Å². The molecule has 0 saturated heterocycles. The van der Waals surface area contributed by atoms with Crippen LogP contribution < -0.4 is 0 Å². The molecule has 0 atom stereocenters. The molecule has 0 aliphatic rings. The number of aryl methyl sites for hydroxylation is 1. The number of aromatic nitrogens is 4. The van der Waals surface area contributed by atoms with Crippen molar-refractivity contribution in [3.8, 4) is 11.4 Å². The number of H-pyrrole nitrogens is 1. The summed E-state index contributed by atoms with van der Waals surface area (Å²) in [4.78, 5) is 8.15. The third-order valence-corrected chi connectivity index (χ3v) is 3.27. The van der Waals surface area contributed by atoms with E-state index in [0.29, 0.717) is 17.2 Å². The van der Waals surface area contributed by atoms with Gasteiger partial charge in [-0.25, -0.2) is 9.37 Å². The molecule has 0 amide bonds. The van der Waals surface area contributed by atoms with E-state index in [9.17, 15) is 4.39 Å². The Morgan fingerprint density at radius 1 is 1.28 bits per heavy atom. The minimum absolute atomic E-state index is 0.357. The summed E-state index contributed by atoms with van der Waals surface area (Å²) in [7, 11) is 0. The van der Waals surface area contributed by atoms with Gasteiger partial charge in [-0.05, 0) is 40.4 Å². The molecule has 0 aliphatic heterocycles. The number of halogens is 2. The molecule has 0 radical (unpaired) electrons. The third kappa shape index (κ3) is 1.78. The van der Waals surface area contributed by atoms with Crippen molar-refractivity contribution >= 4 is 26.7 Å². The molecule has 2 heterocycles. The Labute approximate surface area is 110 Å². The maximum atomic E-state index is 14.0. The van der Waals surface area contributed by atoms with Crippen LogP contribution in [0.5, 0.6) is 0 Å². The number of nitrogens with one attached hydrogen (secondary N) is 1. The van der Waals surface area contributed by atoms with E-state index in [1.807, 2.05) is 0 Å². The first-order chi connectivity index (χ1) is 8.65. The number of rotatable bonds is 1. The molecule has 0 spiro atoms. The van der Waals surface area contributed by atoms with E-state index in [-0.39, 0.29) is 5.82 Å². The van der Waals surface area contributed by atoms with Gasteiger partial charge in [-0.1, -0.05) is 0 Å². The number of benzene rings is 1. The normalized spacial score (nSPS) is 11.1. The van der Waals surface area contributed by atoms with Crippen LogP contribution in [0.15, 0.2) is 29.0 Å². The summed E-state index contributed by atoms with van der Waals surface area (Å²) >= 11 is 3.40. The van der Waals surface area contributed by atoms with Crippen LogP contribution in [0, 0.1) is 12.7 Å². The van der Waals surface area contributed by atoms with Gasteiger partial charge < -0.3 is 0 Å². The van der Waals surface area contributed by atoms with Gasteiger partial charge in [0.2, 0.25) is 0 Å². The van der Waals surface area contributed by atoms with Crippen LogP contribution >= 0.6 is 15.9 Å². The number of hydrogen-bond donors (Lipinski definition) is 1. The molecule has 1 aromatic carbocycles. The quantitative estimate of drug-likeness (QED) is 0.751. The Kier molecular flexibility index (Phi) is 2.59. The van der Waals surface area contributed by atoms with E-state index < -0.39 is 0 Å². The minimum atomic E-state index is -0.360. The summed E-state index contributed by atoms with van der Waals surface area (Å²) in [6, 6.07) is 3.16. The van der Waals surface area contributed by atoms with Crippen LogP contribution in [0.1, 0.15) is 5.82 Å². The lowest BCUT2D eigenvalue weighted by atomic mass is 10.1. The molecule has 4 nitrogen and oxygen atoms in total. The summed E-state index contributed by atoms with van der Waals surface area (Å²) in [6.07, 6.45) is 3.30. The summed E-state index contributed by atoms with van der Waals surface area (Å²) in [6.45, 7) is 1.77. The second kappa shape index (κ2) is 4.13. The van der Waals surface area contributed by atoms with Gasteiger partial charge in [0.05, 0.1) is 5.56 Å². The average molecular weight is 307 g/mol. The van der Waals surface area contributed by atoms with E-state index in [1.165, 1.54) is 6.07 Å². The van der Waals surface area contributed by atoms with Crippen molar-refractivity contribution in [3.63, 3.8) is 0 Å². The van der Waals surface area contributed by atoms with Gasteiger partial charge in [0, 0.05) is 22.3 Å². The topological polar surface area (TPSA) is 54.5 Å². The number of nitrogens with zero attached hydrogens (tertiary/aromatic N) is 3. The van der Waals surface area contributed by atoms with Crippen molar-refractivity contribution in [3.05, 3.63) is 40.6 Å². The second-order valence-electron chi connectivity index (χ2n) is 3.92. The first-order valence-electron chi connectivity index (χ1n) is 5.27. The first-order valence-corrected chi connectivity index (χ1v) is 6.06. The summed E-state index contributed by atoms with van der Waals surface area (Å²) < 4.78 is 14.8. The van der Waals surface area contributed by atoms with Crippen molar-refractivity contribution in [1.29, 1.82) is 0 Å². The minimum Gasteiger partial charge on any atom is -0.263 e. The Balaban J connectivity index is 2.30. The van der Waals surface area contributed by atoms with E-state index >= 15 is 0 Å². The van der Waals surface area contributed by atoms with Gasteiger partial charge in [0.25, 0.3) is 0 Å². The Bertz CT molecular complexity index is 738. The maximum absolute atomic E-state index is 14.0. The van der Waals surface area contributed by atoms with Crippen LogP contribution in [-0.2, 0) is 0 Å². The van der Waals surface area contributed by atoms with E-state index in [1.54, 1.807) is 25.4 Å². The predicted molar refractivity (Wildman–Crippen MR) is 69.5 cm³/mol. The highest BCUT2D eigenvalue weighted by molar-refractivity contribution is 9.10. The van der Waals surface area contributed by atoms with Crippen molar-refractivity contribution < 1.29 is 4.39 Å². The number of hydrogen-bond acceptors (Lipinski definition) is 3. The maximum Gasteiger partial charge on any atom is 0.184 e. The fraction of sp³-hybridized carbons (Fsp3) is 0.0833. The van der Waals surface area contributed by atoms with Gasteiger partial charge in [-0.3, -0.25) is 10.1 Å². The molecule has 2 aromatic heterocycles. The average Bonchev–Trinajstić information content (AvgIpc) is 2.75. The molecule has 0 saturated carbocycles. The molecule has 90 valence electrons. The monoisotopic (exact) mass is 306 g/mol. The zero-order valence-electron chi connectivity index (χ0n) is 9.41. The zero-order chi connectivity index (χ0) is 12.7. The van der Waals surface area contributed by atoms with Crippen molar-refractivity contribution in [2.75, 3.05) is 0 Å². The molecule has 3 rings (SSSR count). The third-order valence-electron chi connectivity index (χ3n) is 2.64. The second-order valence-corrected chi connectivity index (χ2v) is 4.77. The van der Waals surface area contributed by atoms with Crippen molar-refractivity contribution in [2.45, 2.75) is 6.92 Å².